The van der Waals surface area contributed by atoms with Crippen LogP contribution in [0.3, 0.4) is 0 Å². The maximum atomic E-state index is 12.4. The van der Waals surface area contributed by atoms with Gasteiger partial charge in [-0.15, -0.1) is 0 Å². The summed E-state index contributed by atoms with van der Waals surface area (Å²) in [5, 5.41) is 12.3. The number of nitriles is 1. The average molecular weight is 356 g/mol. The minimum atomic E-state index is -0.464. The lowest BCUT2D eigenvalue weighted by molar-refractivity contribution is -0.142. The van der Waals surface area contributed by atoms with E-state index in [0.29, 0.717) is 17.2 Å². The number of methoxy groups -OCH3 is 1. The molecule has 1 aromatic carbocycles. The molecule has 0 radical (unpaired) electrons. The van der Waals surface area contributed by atoms with Crippen molar-refractivity contribution in [1.29, 1.82) is 5.26 Å². The van der Waals surface area contributed by atoms with Crippen molar-refractivity contribution in [2.45, 2.75) is 38.6 Å². The molecule has 1 fully saturated rings. The van der Waals surface area contributed by atoms with Crippen molar-refractivity contribution < 1.29 is 19.1 Å². The van der Waals surface area contributed by atoms with E-state index in [2.05, 4.69) is 17.0 Å². The molecule has 1 saturated carbocycles. The lowest BCUT2D eigenvalue weighted by Crippen LogP contribution is -2.41. The fourth-order valence-corrected chi connectivity index (χ4v) is 2.95. The number of benzene rings is 1. The van der Waals surface area contributed by atoms with Crippen LogP contribution in [0, 0.1) is 17.2 Å². The van der Waals surface area contributed by atoms with Gasteiger partial charge in [0.1, 0.15) is 17.4 Å². The molecular weight excluding hydrogens is 332 g/mol. The van der Waals surface area contributed by atoms with E-state index in [1.54, 1.807) is 30.3 Å². The smallest absolute Gasteiger partial charge is 0.343 e. The van der Waals surface area contributed by atoms with Gasteiger partial charge < -0.3 is 14.8 Å². The molecule has 2 rings (SSSR count). The summed E-state index contributed by atoms with van der Waals surface area (Å²) >= 11 is 0. The zero-order valence-corrected chi connectivity index (χ0v) is 15.2. The van der Waals surface area contributed by atoms with Crippen LogP contribution in [-0.2, 0) is 14.3 Å². The van der Waals surface area contributed by atoms with Crippen molar-refractivity contribution in [3.8, 4) is 11.8 Å². The van der Waals surface area contributed by atoms with Gasteiger partial charge in [0.25, 0.3) is 5.91 Å². The second kappa shape index (κ2) is 9.62. The lowest BCUT2D eigenvalue weighted by Gasteiger charge is -2.29. The number of carbonyl (C=O) groups excluding carboxylic acids is 2. The Morgan fingerprint density at radius 2 is 1.96 bits per heavy atom. The molecule has 6 nitrogen and oxygen atoms in total. The third-order valence-corrected chi connectivity index (χ3v) is 4.57. The molecule has 1 aliphatic carbocycles. The SMILES string of the molecule is COC(=O)COc1ccc(/C=C(\C#N)C(=O)N[C@H]2CCCC[C@H]2C)cc1. The van der Waals surface area contributed by atoms with Crippen molar-refractivity contribution >= 4 is 18.0 Å². The summed E-state index contributed by atoms with van der Waals surface area (Å²) in [6.45, 7) is 1.96. The van der Waals surface area contributed by atoms with Crippen LogP contribution >= 0.6 is 0 Å². The molecule has 1 N–H and O–H groups in total. The van der Waals surface area contributed by atoms with Gasteiger partial charge in [-0.2, -0.15) is 5.26 Å². The van der Waals surface area contributed by atoms with Crippen molar-refractivity contribution in [3.05, 3.63) is 35.4 Å². The van der Waals surface area contributed by atoms with Crippen LogP contribution in [0.5, 0.6) is 5.75 Å². The Labute approximate surface area is 153 Å². The molecule has 0 bridgehead atoms. The number of nitrogens with one attached hydrogen (secondary N) is 1. The van der Waals surface area contributed by atoms with Crippen molar-refractivity contribution in [3.63, 3.8) is 0 Å². The third kappa shape index (κ3) is 5.62. The summed E-state index contributed by atoms with van der Waals surface area (Å²) in [6, 6.07) is 8.89. The maximum Gasteiger partial charge on any atom is 0.343 e. The largest absolute Gasteiger partial charge is 0.482 e. The highest BCUT2D eigenvalue weighted by molar-refractivity contribution is 6.01. The Bertz CT molecular complexity index is 704. The van der Waals surface area contributed by atoms with Crippen LogP contribution in [0.15, 0.2) is 29.8 Å². The number of ether oxygens (including phenoxy) is 2. The Balaban J connectivity index is 1.99. The zero-order chi connectivity index (χ0) is 18.9. The number of amides is 1. The predicted molar refractivity (Wildman–Crippen MR) is 97.1 cm³/mol. The van der Waals surface area contributed by atoms with Gasteiger partial charge in [-0.1, -0.05) is 31.9 Å². The Morgan fingerprint density at radius 3 is 2.58 bits per heavy atom. The van der Waals surface area contributed by atoms with E-state index in [4.69, 9.17) is 4.74 Å². The molecule has 138 valence electrons. The molecule has 0 aromatic heterocycles. The van der Waals surface area contributed by atoms with E-state index in [9.17, 15) is 14.9 Å². The van der Waals surface area contributed by atoms with E-state index in [1.807, 2.05) is 6.07 Å². The van der Waals surface area contributed by atoms with E-state index in [-0.39, 0.29) is 24.1 Å². The van der Waals surface area contributed by atoms with Crippen molar-refractivity contribution in [2.75, 3.05) is 13.7 Å². The van der Waals surface area contributed by atoms with Crippen molar-refractivity contribution in [2.24, 2.45) is 5.92 Å². The van der Waals surface area contributed by atoms with Gasteiger partial charge in [0.15, 0.2) is 6.61 Å². The molecule has 0 saturated heterocycles. The quantitative estimate of drug-likeness (QED) is 0.481. The zero-order valence-electron chi connectivity index (χ0n) is 15.2. The molecule has 0 heterocycles. The minimum absolute atomic E-state index is 0.0750. The van der Waals surface area contributed by atoms with Crippen molar-refractivity contribution in [1.82, 2.24) is 5.32 Å². The maximum absolute atomic E-state index is 12.4. The van der Waals surface area contributed by atoms with E-state index >= 15 is 0 Å². The number of esters is 1. The fraction of sp³-hybridized carbons (Fsp3) is 0.450. The molecule has 2 atom stereocenters. The van der Waals surface area contributed by atoms with Gasteiger partial charge in [-0.3, -0.25) is 4.79 Å². The normalized spacial score (nSPS) is 20.0. The number of nitrogens with zero attached hydrogens (tertiary/aromatic N) is 1. The summed E-state index contributed by atoms with van der Waals surface area (Å²) < 4.78 is 9.77. The predicted octanol–water partition coefficient (Wildman–Crippen LogP) is 2.84. The first-order valence-electron chi connectivity index (χ1n) is 8.76. The second-order valence-electron chi connectivity index (χ2n) is 6.45. The van der Waals surface area contributed by atoms with E-state index in [0.717, 1.165) is 19.3 Å². The topological polar surface area (TPSA) is 88.4 Å². The first kappa shape index (κ1) is 19.5. The second-order valence-corrected chi connectivity index (χ2v) is 6.45. The molecule has 0 aliphatic heterocycles. The van der Waals surface area contributed by atoms with E-state index < -0.39 is 5.97 Å². The molecule has 6 heteroatoms. The summed E-state index contributed by atoms with van der Waals surface area (Å²) in [4.78, 5) is 23.5. The Hall–Kier alpha value is -2.81. The monoisotopic (exact) mass is 356 g/mol. The van der Waals surface area contributed by atoms with Gasteiger partial charge in [0.2, 0.25) is 0 Å². The summed E-state index contributed by atoms with van der Waals surface area (Å²) in [5.74, 6) is 0.136. The van der Waals surface area contributed by atoms with Crippen LogP contribution in [0.4, 0.5) is 0 Å². The third-order valence-electron chi connectivity index (χ3n) is 4.57. The number of rotatable bonds is 6. The fourth-order valence-electron chi connectivity index (χ4n) is 2.95. The van der Waals surface area contributed by atoms with Gasteiger partial charge >= 0.3 is 5.97 Å². The molecule has 1 amide bonds. The Kier molecular flexibility index (Phi) is 7.22. The van der Waals surface area contributed by atoms with Gasteiger partial charge in [0, 0.05) is 6.04 Å². The van der Waals surface area contributed by atoms with Crippen LogP contribution < -0.4 is 10.1 Å². The first-order valence-corrected chi connectivity index (χ1v) is 8.76. The number of hydrogen-bond acceptors (Lipinski definition) is 5. The molecule has 1 aliphatic rings. The van der Waals surface area contributed by atoms with Crippen LogP contribution in [-0.4, -0.2) is 31.6 Å². The molecule has 0 unspecified atom stereocenters. The molecule has 1 aromatic rings. The Morgan fingerprint density at radius 1 is 1.27 bits per heavy atom. The number of carbonyl (C=O) groups is 2. The van der Waals surface area contributed by atoms with Crippen LogP contribution in [0.2, 0.25) is 0 Å². The molecule has 26 heavy (non-hydrogen) atoms. The highest BCUT2D eigenvalue weighted by Crippen LogP contribution is 2.24. The lowest BCUT2D eigenvalue weighted by atomic mass is 9.86. The number of hydrogen-bond donors (Lipinski definition) is 1. The van der Waals surface area contributed by atoms with Gasteiger partial charge in [-0.25, -0.2) is 4.79 Å². The molecule has 0 spiro atoms. The summed E-state index contributed by atoms with van der Waals surface area (Å²) in [5.41, 5.74) is 0.782. The summed E-state index contributed by atoms with van der Waals surface area (Å²) in [6.07, 6.45) is 5.90. The summed E-state index contributed by atoms with van der Waals surface area (Å²) in [7, 11) is 1.29. The average Bonchev–Trinajstić information content (AvgIpc) is 2.66. The highest BCUT2D eigenvalue weighted by Gasteiger charge is 2.24. The minimum Gasteiger partial charge on any atom is -0.482 e. The molecular formula is C20H24N2O4. The highest BCUT2D eigenvalue weighted by atomic mass is 16.6. The standard InChI is InChI=1S/C20H24N2O4/c1-14-5-3-4-6-18(14)22-20(24)16(12-21)11-15-7-9-17(10-8-15)26-13-19(23)25-2/h7-11,14,18H,3-6,13H2,1-2H3,(H,22,24)/b16-11+/t14-,18+/m1/s1. The van der Waals surface area contributed by atoms with Crippen LogP contribution in [0.25, 0.3) is 6.08 Å². The first-order chi connectivity index (χ1) is 12.5. The van der Waals surface area contributed by atoms with Crippen LogP contribution in [0.1, 0.15) is 38.2 Å². The van der Waals surface area contributed by atoms with Gasteiger partial charge in [-0.05, 0) is 42.5 Å². The van der Waals surface area contributed by atoms with E-state index in [1.165, 1.54) is 13.5 Å². The van der Waals surface area contributed by atoms with Gasteiger partial charge in [0.05, 0.1) is 7.11 Å².